The predicted molar refractivity (Wildman–Crippen MR) is 65.5 cm³/mol. The van der Waals surface area contributed by atoms with Crippen molar-refractivity contribution >= 4 is 11.8 Å². The van der Waals surface area contributed by atoms with Crippen molar-refractivity contribution in [1.29, 1.82) is 0 Å². The molecule has 0 bridgehead atoms. The highest BCUT2D eigenvalue weighted by Gasteiger charge is 2.41. The van der Waals surface area contributed by atoms with Gasteiger partial charge >= 0.3 is 0 Å². The maximum atomic E-state index is 12.3. The minimum Gasteiger partial charge on any atom is -0.340 e. The van der Waals surface area contributed by atoms with Gasteiger partial charge in [-0.25, -0.2) is 0 Å². The van der Waals surface area contributed by atoms with Crippen molar-refractivity contribution in [2.45, 2.75) is 32.4 Å². The van der Waals surface area contributed by atoms with E-state index in [-0.39, 0.29) is 18.4 Å². The Labute approximate surface area is 106 Å². The van der Waals surface area contributed by atoms with Crippen LogP contribution >= 0.6 is 0 Å². The molecule has 18 heavy (non-hydrogen) atoms. The molecule has 1 unspecified atom stereocenters. The average Bonchev–Trinajstić information content (AvgIpc) is 2.71. The molecule has 0 aliphatic carbocycles. The molecule has 0 spiro atoms. The van der Waals surface area contributed by atoms with Gasteiger partial charge in [0.25, 0.3) is 0 Å². The second kappa shape index (κ2) is 4.44. The monoisotopic (exact) mass is 250 g/mol. The van der Waals surface area contributed by atoms with E-state index < -0.39 is 5.54 Å². The fourth-order valence-electron chi connectivity index (χ4n) is 2.14. The zero-order valence-corrected chi connectivity index (χ0v) is 10.9. The van der Waals surface area contributed by atoms with Gasteiger partial charge in [-0.05, 0) is 13.3 Å². The van der Waals surface area contributed by atoms with Crippen LogP contribution in [0.1, 0.15) is 25.8 Å². The smallest absolute Gasteiger partial charge is 0.248 e. The Balaban J connectivity index is 2.17. The fraction of sp³-hybridized carbons (Fsp3) is 0.583. The summed E-state index contributed by atoms with van der Waals surface area (Å²) in [6, 6.07) is 0. The quantitative estimate of drug-likeness (QED) is 0.824. The van der Waals surface area contributed by atoms with Gasteiger partial charge < -0.3 is 10.2 Å². The first-order valence-corrected chi connectivity index (χ1v) is 6.02. The molecule has 6 nitrogen and oxygen atoms in total. The lowest BCUT2D eigenvalue weighted by Gasteiger charge is -2.39. The van der Waals surface area contributed by atoms with Crippen molar-refractivity contribution in [3.63, 3.8) is 0 Å². The van der Waals surface area contributed by atoms with Crippen LogP contribution in [0.3, 0.4) is 0 Å². The van der Waals surface area contributed by atoms with E-state index in [4.69, 9.17) is 0 Å². The van der Waals surface area contributed by atoms with Crippen LogP contribution < -0.4 is 5.32 Å². The highest BCUT2D eigenvalue weighted by molar-refractivity contribution is 5.97. The zero-order valence-electron chi connectivity index (χ0n) is 10.9. The highest BCUT2D eigenvalue weighted by Crippen LogP contribution is 2.19. The van der Waals surface area contributed by atoms with E-state index in [2.05, 4.69) is 10.4 Å². The van der Waals surface area contributed by atoms with Crippen molar-refractivity contribution in [2.75, 3.05) is 6.54 Å². The van der Waals surface area contributed by atoms with Crippen LogP contribution in [0, 0.1) is 0 Å². The number of hydrogen-bond acceptors (Lipinski definition) is 3. The lowest BCUT2D eigenvalue weighted by atomic mass is 9.94. The topological polar surface area (TPSA) is 67.2 Å². The van der Waals surface area contributed by atoms with E-state index in [1.54, 1.807) is 22.7 Å². The molecule has 2 rings (SSSR count). The van der Waals surface area contributed by atoms with Crippen LogP contribution in [0.4, 0.5) is 0 Å². The summed E-state index contributed by atoms with van der Waals surface area (Å²) < 4.78 is 1.68. The molecule has 1 aliphatic heterocycles. The number of carbonyl (C=O) groups excluding carboxylic acids is 2. The number of amides is 2. The number of carbonyl (C=O) groups is 2. The first-order chi connectivity index (χ1) is 8.44. The van der Waals surface area contributed by atoms with E-state index in [1.807, 2.05) is 20.2 Å². The summed E-state index contributed by atoms with van der Waals surface area (Å²) in [6.07, 6.45) is 4.15. The molecule has 1 fully saturated rings. The van der Waals surface area contributed by atoms with Crippen molar-refractivity contribution in [3.8, 4) is 0 Å². The molecular formula is C12H18N4O2. The molecule has 0 saturated carbocycles. The molecule has 1 saturated heterocycles. The summed E-state index contributed by atoms with van der Waals surface area (Å²) in [6.45, 7) is 4.20. The highest BCUT2D eigenvalue weighted by atomic mass is 16.2. The first kappa shape index (κ1) is 12.6. The summed E-state index contributed by atoms with van der Waals surface area (Å²) >= 11 is 0. The van der Waals surface area contributed by atoms with Crippen LogP contribution in [0.5, 0.6) is 0 Å². The van der Waals surface area contributed by atoms with Gasteiger partial charge in [0.2, 0.25) is 11.8 Å². The second-order valence-corrected chi connectivity index (χ2v) is 4.92. The SMILES string of the molecule is CCC1(C)NC(=O)CN(Cc2cnn(C)c2)C1=O. The number of aromatic nitrogens is 2. The summed E-state index contributed by atoms with van der Waals surface area (Å²) in [5.74, 6) is -0.142. The molecule has 2 amide bonds. The second-order valence-electron chi connectivity index (χ2n) is 4.92. The normalized spacial score (nSPS) is 24.3. The van der Waals surface area contributed by atoms with Gasteiger partial charge in [-0.2, -0.15) is 5.10 Å². The molecule has 0 radical (unpaired) electrons. The molecule has 6 heteroatoms. The zero-order chi connectivity index (χ0) is 13.3. The Hall–Kier alpha value is -1.85. The summed E-state index contributed by atoms with van der Waals surface area (Å²) in [5.41, 5.74) is 0.149. The van der Waals surface area contributed by atoms with Gasteiger partial charge in [0.15, 0.2) is 0 Å². The van der Waals surface area contributed by atoms with Crippen molar-refractivity contribution in [3.05, 3.63) is 18.0 Å². The standard InChI is InChI=1S/C12H18N4O2/c1-4-12(2)11(18)16(8-10(17)14-12)7-9-5-13-15(3)6-9/h5-6H,4,7-8H2,1-3H3,(H,14,17). The van der Waals surface area contributed by atoms with Crippen LogP contribution in [0.2, 0.25) is 0 Å². The van der Waals surface area contributed by atoms with Gasteiger partial charge in [-0.15, -0.1) is 0 Å². The lowest BCUT2D eigenvalue weighted by Crippen LogP contribution is -2.64. The predicted octanol–water partition coefficient (Wildman–Crippen LogP) is 0.0472. The number of nitrogens with zero attached hydrogens (tertiary/aromatic N) is 3. The number of aryl methyl sites for hydroxylation is 1. The number of rotatable bonds is 3. The molecule has 2 heterocycles. The largest absolute Gasteiger partial charge is 0.340 e. The molecule has 1 aliphatic rings. The van der Waals surface area contributed by atoms with Crippen LogP contribution in [0.15, 0.2) is 12.4 Å². The van der Waals surface area contributed by atoms with E-state index in [0.29, 0.717) is 13.0 Å². The molecular weight excluding hydrogens is 232 g/mol. The van der Waals surface area contributed by atoms with Gasteiger partial charge in [0.05, 0.1) is 12.7 Å². The van der Waals surface area contributed by atoms with E-state index in [0.717, 1.165) is 5.56 Å². The lowest BCUT2D eigenvalue weighted by molar-refractivity contribution is -0.149. The Morgan fingerprint density at radius 3 is 2.78 bits per heavy atom. The summed E-state index contributed by atoms with van der Waals surface area (Å²) in [5, 5.41) is 6.82. The third-order valence-corrected chi connectivity index (χ3v) is 3.35. The maximum Gasteiger partial charge on any atom is 0.248 e. The van der Waals surface area contributed by atoms with Gasteiger partial charge in [0.1, 0.15) is 5.54 Å². The molecule has 0 aromatic carbocycles. The van der Waals surface area contributed by atoms with E-state index >= 15 is 0 Å². The molecule has 1 aromatic heterocycles. The average molecular weight is 250 g/mol. The Morgan fingerprint density at radius 2 is 2.22 bits per heavy atom. The molecule has 1 N–H and O–H groups in total. The van der Waals surface area contributed by atoms with E-state index in [1.165, 1.54) is 0 Å². The number of hydrogen-bond donors (Lipinski definition) is 1. The summed E-state index contributed by atoms with van der Waals surface area (Å²) in [4.78, 5) is 25.6. The maximum absolute atomic E-state index is 12.3. The fourth-order valence-corrected chi connectivity index (χ4v) is 2.14. The summed E-state index contributed by atoms with van der Waals surface area (Å²) in [7, 11) is 1.82. The van der Waals surface area contributed by atoms with Crippen molar-refractivity contribution in [1.82, 2.24) is 20.0 Å². The van der Waals surface area contributed by atoms with E-state index in [9.17, 15) is 9.59 Å². The van der Waals surface area contributed by atoms with Crippen molar-refractivity contribution in [2.24, 2.45) is 7.05 Å². The van der Waals surface area contributed by atoms with Gasteiger partial charge in [-0.1, -0.05) is 6.92 Å². The van der Waals surface area contributed by atoms with Crippen LogP contribution in [-0.2, 0) is 23.2 Å². The third-order valence-electron chi connectivity index (χ3n) is 3.35. The Bertz CT molecular complexity index is 482. The minimum absolute atomic E-state index is 0.0338. The van der Waals surface area contributed by atoms with Crippen LogP contribution in [-0.4, -0.2) is 38.6 Å². The molecule has 1 atom stereocenters. The van der Waals surface area contributed by atoms with Crippen LogP contribution in [0.25, 0.3) is 0 Å². The van der Waals surface area contributed by atoms with Gasteiger partial charge in [-0.3, -0.25) is 14.3 Å². The third kappa shape index (κ3) is 2.23. The Morgan fingerprint density at radius 1 is 1.50 bits per heavy atom. The Kier molecular flexibility index (Phi) is 3.11. The minimum atomic E-state index is -0.780. The molecule has 98 valence electrons. The first-order valence-electron chi connectivity index (χ1n) is 6.02. The number of nitrogens with one attached hydrogen (secondary N) is 1. The van der Waals surface area contributed by atoms with Crippen molar-refractivity contribution < 1.29 is 9.59 Å². The van der Waals surface area contributed by atoms with Gasteiger partial charge in [0, 0.05) is 25.4 Å². The number of piperazine rings is 1. The molecule has 1 aromatic rings.